The molecule has 3 atom stereocenters. The van der Waals surface area contributed by atoms with E-state index in [1.165, 1.54) is 34.2 Å². The lowest BCUT2D eigenvalue weighted by Crippen LogP contribution is -2.30. The molecule has 1 saturated heterocycles. The van der Waals surface area contributed by atoms with Gasteiger partial charge in [-0.25, -0.2) is 31.9 Å². The van der Waals surface area contributed by atoms with Crippen molar-refractivity contribution in [3.8, 4) is 11.3 Å². The first kappa shape index (κ1) is 28.6. The second kappa shape index (κ2) is 11.0. The molecule has 15 heteroatoms. The molecule has 2 aliphatic rings. The predicted octanol–water partition coefficient (Wildman–Crippen LogP) is 6.25. The number of alkyl halides is 4. The minimum atomic E-state index is -3.04. The summed E-state index contributed by atoms with van der Waals surface area (Å²) in [6, 6.07) is 2.67. The predicted molar refractivity (Wildman–Crippen MR) is 145 cm³/mol. The molecule has 2 fully saturated rings. The Balaban J connectivity index is 1.20. The number of anilines is 2. The van der Waals surface area contributed by atoms with Crippen molar-refractivity contribution in [3.05, 3.63) is 82.4 Å². The van der Waals surface area contributed by atoms with Gasteiger partial charge in [-0.15, -0.1) is 0 Å². The van der Waals surface area contributed by atoms with Crippen molar-refractivity contribution in [1.82, 2.24) is 24.7 Å². The van der Waals surface area contributed by atoms with Gasteiger partial charge >= 0.3 is 0 Å². The number of nitrogens with one attached hydrogen (secondary N) is 1. The molecule has 4 aromatic rings. The van der Waals surface area contributed by atoms with E-state index in [0.29, 0.717) is 12.1 Å². The van der Waals surface area contributed by atoms with Crippen LogP contribution >= 0.6 is 11.6 Å². The van der Waals surface area contributed by atoms with Gasteiger partial charge in [-0.3, -0.25) is 24.2 Å². The Morgan fingerprint density at radius 3 is 2.56 bits per heavy atom. The molecular weight excluding hydrogens is 597 g/mol. The third-order valence-corrected chi connectivity index (χ3v) is 7.85. The number of benzene rings is 1. The molecule has 43 heavy (non-hydrogen) atoms. The fourth-order valence-corrected chi connectivity index (χ4v) is 5.30. The van der Waals surface area contributed by atoms with Crippen molar-refractivity contribution < 1.29 is 31.5 Å². The van der Waals surface area contributed by atoms with Crippen LogP contribution in [0.25, 0.3) is 11.3 Å². The maximum absolute atomic E-state index is 14.7. The lowest BCUT2D eigenvalue weighted by atomic mass is 10.0. The molecule has 1 unspecified atom stereocenters. The van der Waals surface area contributed by atoms with Crippen LogP contribution < -0.4 is 10.2 Å². The number of aromatic nitrogens is 5. The fourth-order valence-electron chi connectivity index (χ4n) is 5.14. The Morgan fingerprint density at radius 1 is 1.09 bits per heavy atom. The van der Waals surface area contributed by atoms with Crippen LogP contribution in [-0.2, 0) is 4.79 Å². The molecule has 1 aromatic carbocycles. The molecule has 0 bridgehead atoms. The molecule has 2 amide bonds. The Labute approximate surface area is 245 Å². The summed E-state index contributed by atoms with van der Waals surface area (Å²) in [4.78, 5) is 38.7. The van der Waals surface area contributed by atoms with Gasteiger partial charge in [-0.05, 0) is 37.0 Å². The molecule has 4 heterocycles. The van der Waals surface area contributed by atoms with E-state index in [4.69, 9.17) is 11.6 Å². The number of hydrogen-bond donors (Lipinski definition) is 1. The third-order valence-electron chi connectivity index (χ3n) is 7.55. The van der Waals surface area contributed by atoms with Crippen LogP contribution in [0.5, 0.6) is 0 Å². The molecule has 9 nitrogen and oxygen atoms in total. The summed E-state index contributed by atoms with van der Waals surface area (Å²) >= 11 is 5.78. The second-order valence-corrected chi connectivity index (χ2v) is 10.7. The summed E-state index contributed by atoms with van der Waals surface area (Å²) in [5, 5.41) is 6.34. The maximum atomic E-state index is 14.7. The molecule has 1 aliphatic carbocycles. The van der Waals surface area contributed by atoms with E-state index >= 15 is 0 Å². The number of amides is 2. The molecule has 1 N–H and O–H groups in total. The fraction of sp³-hybridized carbons (Fsp3) is 0.286. The standard InChI is InChI=1S/C28H21ClF5N7O2/c1-12(13-4-18(25(33)34)26(36-6-13)40-10-14-5-17(14)28(40)43)41-11-15(7-37-41)38-27(42)21-9-35-8-20(39-21)22-16(24(31)32)2-3-19(29)23(22)30/h2-4,6-9,11-12,14,17,24-25H,5,10H2,1H3,(H,38,42)/t12?,14-,17-/m1/s1. The van der Waals surface area contributed by atoms with Gasteiger partial charge in [-0.1, -0.05) is 17.7 Å². The summed E-state index contributed by atoms with van der Waals surface area (Å²) in [5.41, 5.74) is -1.60. The van der Waals surface area contributed by atoms with E-state index in [1.807, 2.05) is 0 Å². The number of carbonyl (C=O) groups is 2. The van der Waals surface area contributed by atoms with Gasteiger partial charge in [0.25, 0.3) is 18.8 Å². The van der Waals surface area contributed by atoms with Crippen molar-refractivity contribution in [2.45, 2.75) is 32.2 Å². The second-order valence-electron chi connectivity index (χ2n) is 10.3. The molecule has 3 aromatic heterocycles. The summed E-state index contributed by atoms with van der Waals surface area (Å²) in [6.07, 6.45) is 1.15. The summed E-state index contributed by atoms with van der Waals surface area (Å²) < 4.78 is 71.2. The zero-order chi connectivity index (χ0) is 30.6. The molecule has 0 radical (unpaired) electrons. The van der Waals surface area contributed by atoms with Gasteiger partial charge < -0.3 is 5.32 Å². The smallest absolute Gasteiger partial charge is 0.275 e. The lowest BCUT2D eigenvalue weighted by molar-refractivity contribution is -0.118. The normalized spacial score (nSPS) is 18.3. The Hall–Kier alpha value is -4.46. The van der Waals surface area contributed by atoms with E-state index in [0.717, 1.165) is 30.9 Å². The first-order valence-corrected chi connectivity index (χ1v) is 13.4. The van der Waals surface area contributed by atoms with Crippen LogP contribution in [-0.4, -0.2) is 43.1 Å². The number of fused-ring (bicyclic) bond motifs is 1. The van der Waals surface area contributed by atoms with Gasteiger partial charge in [-0.2, -0.15) is 5.10 Å². The number of rotatable bonds is 8. The quantitative estimate of drug-likeness (QED) is 0.235. The van der Waals surface area contributed by atoms with Crippen LogP contribution in [0.1, 0.15) is 59.4 Å². The van der Waals surface area contributed by atoms with Crippen molar-refractivity contribution in [3.63, 3.8) is 0 Å². The van der Waals surface area contributed by atoms with Gasteiger partial charge in [0.15, 0.2) is 5.82 Å². The minimum Gasteiger partial charge on any atom is -0.318 e. The Bertz CT molecular complexity index is 1750. The highest BCUT2D eigenvalue weighted by atomic mass is 35.5. The lowest BCUT2D eigenvalue weighted by Gasteiger charge is -2.22. The SMILES string of the molecule is CC(c1cnc(N2C[C@H]3C[C@H]3C2=O)c(C(F)F)c1)n1cc(NC(=O)c2cncc(-c3c(C(F)F)ccc(Cl)c3F)n2)cn1. The molecule has 6 rings (SSSR count). The Morgan fingerprint density at radius 2 is 1.86 bits per heavy atom. The van der Waals surface area contributed by atoms with E-state index in [-0.39, 0.29) is 46.2 Å². The van der Waals surface area contributed by atoms with Crippen molar-refractivity contribution in [1.29, 1.82) is 0 Å². The zero-order valence-electron chi connectivity index (χ0n) is 22.2. The van der Waals surface area contributed by atoms with Crippen LogP contribution in [0, 0.1) is 17.7 Å². The number of pyridine rings is 1. The maximum Gasteiger partial charge on any atom is 0.275 e. The first-order chi connectivity index (χ1) is 20.5. The zero-order valence-corrected chi connectivity index (χ0v) is 22.9. The summed E-state index contributed by atoms with van der Waals surface area (Å²) in [5.74, 6) is -2.05. The third kappa shape index (κ3) is 5.31. The van der Waals surface area contributed by atoms with Crippen LogP contribution in [0.2, 0.25) is 5.02 Å². The molecule has 222 valence electrons. The number of carbonyl (C=O) groups excluding carboxylic acids is 2. The topological polar surface area (TPSA) is 106 Å². The van der Waals surface area contributed by atoms with E-state index in [2.05, 4.69) is 25.4 Å². The first-order valence-electron chi connectivity index (χ1n) is 13.1. The number of hydrogen-bond acceptors (Lipinski definition) is 6. The van der Waals surface area contributed by atoms with Crippen LogP contribution in [0.3, 0.4) is 0 Å². The van der Waals surface area contributed by atoms with Crippen LogP contribution in [0.4, 0.5) is 33.5 Å². The van der Waals surface area contributed by atoms with Crippen LogP contribution in [0.15, 0.2) is 49.2 Å². The van der Waals surface area contributed by atoms with E-state index in [1.54, 1.807) is 6.92 Å². The average Bonchev–Trinajstić information content (AvgIpc) is 3.49. The summed E-state index contributed by atoms with van der Waals surface area (Å²) in [6.45, 7) is 2.07. The highest BCUT2D eigenvalue weighted by Crippen LogP contribution is 2.48. The van der Waals surface area contributed by atoms with Gasteiger partial charge in [0.2, 0.25) is 5.91 Å². The number of piperidine rings is 1. The largest absolute Gasteiger partial charge is 0.318 e. The van der Waals surface area contributed by atoms with Crippen molar-refractivity contribution >= 4 is 34.9 Å². The van der Waals surface area contributed by atoms with Gasteiger partial charge in [0.05, 0.1) is 46.6 Å². The molecule has 1 aliphatic heterocycles. The average molecular weight is 618 g/mol. The highest BCUT2D eigenvalue weighted by molar-refractivity contribution is 6.31. The van der Waals surface area contributed by atoms with Gasteiger partial charge in [0.1, 0.15) is 11.5 Å². The monoisotopic (exact) mass is 617 g/mol. The number of halogens is 6. The van der Waals surface area contributed by atoms with Crippen molar-refractivity contribution in [2.24, 2.45) is 11.8 Å². The number of nitrogens with zero attached hydrogens (tertiary/aromatic N) is 6. The van der Waals surface area contributed by atoms with Crippen molar-refractivity contribution in [2.75, 3.05) is 16.8 Å². The van der Waals surface area contributed by atoms with E-state index < -0.39 is 46.8 Å². The highest BCUT2D eigenvalue weighted by Gasteiger charge is 2.53. The van der Waals surface area contributed by atoms with Gasteiger partial charge in [0, 0.05) is 36.0 Å². The van der Waals surface area contributed by atoms with E-state index in [9.17, 15) is 31.5 Å². The molecule has 0 spiro atoms. The minimum absolute atomic E-state index is 0.0433. The summed E-state index contributed by atoms with van der Waals surface area (Å²) in [7, 11) is 0. The molecular formula is C28H21ClF5N7O2. The molecule has 1 saturated carbocycles. The Kier molecular flexibility index (Phi) is 7.32.